The van der Waals surface area contributed by atoms with Gasteiger partial charge in [-0.2, -0.15) is 10.1 Å². The highest BCUT2D eigenvalue weighted by Gasteiger charge is 2.47. The van der Waals surface area contributed by atoms with E-state index in [9.17, 15) is 8.78 Å². The minimum Gasteiger partial charge on any atom is -0.483 e. The highest BCUT2D eigenvalue weighted by Crippen LogP contribution is 2.43. The van der Waals surface area contributed by atoms with Crippen LogP contribution in [0.4, 0.5) is 8.78 Å². The molecule has 0 bridgehead atoms. The summed E-state index contributed by atoms with van der Waals surface area (Å²) in [7, 11) is 0. The molecule has 4 rings (SSSR count). The summed E-state index contributed by atoms with van der Waals surface area (Å²) in [6, 6.07) is 1.72. The Hall–Kier alpha value is -3.04. The second-order valence-electron chi connectivity index (χ2n) is 10.2. The van der Waals surface area contributed by atoms with Crippen molar-refractivity contribution in [3.63, 3.8) is 0 Å². The molecule has 0 amide bonds. The summed E-state index contributed by atoms with van der Waals surface area (Å²) in [4.78, 5) is 13.0. The maximum Gasteiger partial charge on any atom is 0.320 e. The van der Waals surface area contributed by atoms with Crippen molar-refractivity contribution in [1.29, 1.82) is 0 Å². The zero-order valence-corrected chi connectivity index (χ0v) is 19.7. The van der Waals surface area contributed by atoms with E-state index in [0.717, 1.165) is 0 Å². The first kappa shape index (κ1) is 23.1. The third-order valence-corrected chi connectivity index (χ3v) is 4.73. The van der Waals surface area contributed by atoms with E-state index in [1.54, 1.807) is 18.5 Å². The van der Waals surface area contributed by atoms with Crippen molar-refractivity contribution < 1.29 is 23.0 Å². The van der Waals surface area contributed by atoms with Crippen LogP contribution in [0.3, 0.4) is 0 Å². The predicted octanol–water partition coefficient (Wildman–Crippen LogP) is 4.97. The molecule has 0 unspecified atom stereocenters. The van der Waals surface area contributed by atoms with Crippen LogP contribution in [0.5, 0.6) is 17.6 Å². The van der Waals surface area contributed by atoms with Crippen molar-refractivity contribution in [3.05, 3.63) is 24.7 Å². The van der Waals surface area contributed by atoms with Crippen molar-refractivity contribution in [2.24, 2.45) is 5.92 Å². The molecule has 0 aliphatic heterocycles. The summed E-state index contributed by atoms with van der Waals surface area (Å²) < 4.78 is 47.4. The van der Waals surface area contributed by atoms with Gasteiger partial charge in [0.05, 0.1) is 5.56 Å². The lowest BCUT2D eigenvalue weighted by atomic mass is 10.1. The molecule has 1 saturated carbocycles. The Bertz CT molecular complexity index is 1150. The largest absolute Gasteiger partial charge is 0.483 e. The summed E-state index contributed by atoms with van der Waals surface area (Å²) in [6.07, 6.45) is 5.73. The molecule has 8 nitrogen and oxygen atoms in total. The molecule has 178 valence electrons. The van der Waals surface area contributed by atoms with E-state index < -0.39 is 29.6 Å². The van der Waals surface area contributed by atoms with Crippen LogP contribution in [0.1, 0.15) is 54.4 Å². The standard InChI is InChI=1S/C23H29F2N5O3/c1-21(2,3)32-19-15(12-27-20(28-19)33-22(4,5)6)16-11-17(18-26-9-10-30(18)29-16)31-13-23(24,25)14-7-8-14/h9-12,14H,7-8,13H2,1-6H3. The van der Waals surface area contributed by atoms with Gasteiger partial charge in [0.2, 0.25) is 5.88 Å². The first-order chi connectivity index (χ1) is 15.3. The highest BCUT2D eigenvalue weighted by atomic mass is 19.3. The average Bonchev–Trinajstić information content (AvgIpc) is 3.43. The molecule has 1 aliphatic carbocycles. The molecule has 3 heterocycles. The van der Waals surface area contributed by atoms with Gasteiger partial charge in [0.25, 0.3) is 5.92 Å². The van der Waals surface area contributed by atoms with E-state index in [-0.39, 0.29) is 17.6 Å². The summed E-state index contributed by atoms with van der Waals surface area (Å²) in [5.41, 5.74) is 0.152. The second kappa shape index (κ2) is 8.07. The van der Waals surface area contributed by atoms with Crippen molar-refractivity contribution in [3.8, 4) is 28.9 Å². The highest BCUT2D eigenvalue weighted by molar-refractivity contribution is 5.68. The van der Waals surface area contributed by atoms with Crippen LogP contribution in [-0.2, 0) is 0 Å². The zero-order chi connectivity index (χ0) is 24.0. The maximum atomic E-state index is 14.3. The molecule has 10 heteroatoms. The monoisotopic (exact) mass is 461 g/mol. The number of halogens is 2. The Morgan fingerprint density at radius 3 is 2.36 bits per heavy atom. The van der Waals surface area contributed by atoms with Crippen LogP contribution < -0.4 is 14.2 Å². The molecule has 0 N–H and O–H groups in total. The average molecular weight is 462 g/mol. The molecule has 3 aromatic heterocycles. The Kier molecular flexibility index (Phi) is 5.66. The van der Waals surface area contributed by atoms with Gasteiger partial charge in [0, 0.05) is 30.6 Å². The number of ether oxygens (including phenoxy) is 3. The number of imidazole rings is 1. The summed E-state index contributed by atoms with van der Waals surface area (Å²) in [5.74, 6) is -3.05. The van der Waals surface area contributed by atoms with Crippen LogP contribution in [0.15, 0.2) is 24.7 Å². The fourth-order valence-corrected chi connectivity index (χ4v) is 3.14. The molecule has 3 aromatic rings. The Labute approximate surface area is 191 Å². The third kappa shape index (κ3) is 5.66. The van der Waals surface area contributed by atoms with E-state index in [1.807, 2.05) is 41.5 Å². The van der Waals surface area contributed by atoms with E-state index in [0.29, 0.717) is 29.7 Å². The summed E-state index contributed by atoms with van der Waals surface area (Å²) in [6.45, 7) is 10.6. The quantitative estimate of drug-likeness (QED) is 0.491. The predicted molar refractivity (Wildman–Crippen MR) is 118 cm³/mol. The number of fused-ring (bicyclic) bond motifs is 1. The summed E-state index contributed by atoms with van der Waals surface area (Å²) in [5, 5.41) is 4.54. The molecule has 0 atom stereocenters. The molecule has 0 aromatic carbocycles. The smallest absolute Gasteiger partial charge is 0.320 e. The van der Waals surface area contributed by atoms with Gasteiger partial charge in [-0.15, -0.1) is 0 Å². The Morgan fingerprint density at radius 1 is 1.03 bits per heavy atom. The molecule has 33 heavy (non-hydrogen) atoms. The molecule has 1 aliphatic rings. The van der Waals surface area contributed by atoms with Crippen molar-refractivity contribution >= 4 is 5.65 Å². The fourth-order valence-electron chi connectivity index (χ4n) is 3.14. The number of hydrogen-bond donors (Lipinski definition) is 0. The molecular formula is C23H29F2N5O3. The van der Waals surface area contributed by atoms with Gasteiger partial charge in [-0.3, -0.25) is 0 Å². The first-order valence-electron chi connectivity index (χ1n) is 10.9. The lowest BCUT2D eigenvalue weighted by Gasteiger charge is -2.24. The Balaban J connectivity index is 1.74. The SMILES string of the molecule is CC(C)(C)Oc1ncc(-c2cc(OCC(F)(F)C3CC3)c3nccn3n2)c(OC(C)(C)C)n1. The van der Waals surface area contributed by atoms with Crippen LogP contribution >= 0.6 is 0 Å². The van der Waals surface area contributed by atoms with Crippen molar-refractivity contribution in [2.75, 3.05) is 6.61 Å². The molecule has 1 fully saturated rings. The molecular weight excluding hydrogens is 432 g/mol. The second-order valence-corrected chi connectivity index (χ2v) is 10.2. The Morgan fingerprint density at radius 2 is 1.73 bits per heavy atom. The van der Waals surface area contributed by atoms with E-state index in [1.165, 1.54) is 10.7 Å². The van der Waals surface area contributed by atoms with Crippen LogP contribution in [0.25, 0.3) is 16.9 Å². The topological polar surface area (TPSA) is 83.7 Å². The molecule has 0 radical (unpaired) electrons. The lowest BCUT2D eigenvalue weighted by molar-refractivity contribution is -0.0600. The number of hydrogen-bond acceptors (Lipinski definition) is 7. The van der Waals surface area contributed by atoms with Crippen LogP contribution in [0.2, 0.25) is 0 Å². The molecule has 0 spiro atoms. The minimum absolute atomic E-state index is 0.162. The normalized spacial score (nSPS) is 15.0. The van der Waals surface area contributed by atoms with Gasteiger partial charge >= 0.3 is 6.01 Å². The number of alkyl halides is 2. The van der Waals surface area contributed by atoms with Gasteiger partial charge in [0.15, 0.2) is 18.0 Å². The van der Waals surface area contributed by atoms with E-state index in [2.05, 4.69) is 20.1 Å². The first-order valence-corrected chi connectivity index (χ1v) is 10.9. The zero-order valence-electron chi connectivity index (χ0n) is 19.7. The van der Waals surface area contributed by atoms with Gasteiger partial charge in [-0.1, -0.05) is 0 Å². The van der Waals surface area contributed by atoms with Gasteiger partial charge < -0.3 is 14.2 Å². The molecule has 0 saturated heterocycles. The van der Waals surface area contributed by atoms with Gasteiger partial charge in [-0.05, 0) is 54.4 Å². The fraction of sp³-hybridized carbons (Fsp3) is 0.565. The summed E-state index contributed by atoms with van der Waals surface area (Å²) >= 11 is 0. The van der Waals surface area contributed by atoms with E-state index in [4.69, 9.17) is 14.2 Å². The van der Waals surface area contributed by atoms with Crippen LogP contribution in [-0.4, -0.2) is 48.3 Å². The number of nitrogens with zero attached hydrogens (tertiary/aromatic N) is 5. The lowest BCUT2D eigenvalue weighted by Crippen LogP contribution is -2.28. The minimum atomic E-state index is -2.89. The van der Waals surface area contributed by atoms with E-state index >= 15 is 0 Å². The van der Waals surface area contributed by atoms with Gasteiger partial charge in [-0.25, -0.2) is 23.3 Å². The van der Waals surface area contributed by atoms with Crippen LogP contribution in [0, 0.1) is 5.92 Å². The van der Waals surface area contributed by atoms with Gasteiger partial charge in [0.1, 0.15) is 16.9 Å². The third-order valence-electron chi connectivity index (χ3n) is 4.73. The van der Waals surface area contributed by atoms with Crippen molar-refractivity contribution in [2.45, 2.75) is 71.5 Å². The number of aromatic nitrogens is 5. The number of rotatable bonds is 7. The maximum absolute atomic E-state index is 14.3. The van der Waals surface area contributed by atoms with Crippen molar-refractivity contribution in [1.82, 2.24) is 24.6 Å².